The Morgan fingerprint density at radius 2 is 0.864 bits per heavy atom. The normalized spacial score (nSPS) is 13.1. The van der Waals surface area contributed by atoms with E-state index in [0.717, 1.165) is 50.7 Å². The lowest BCUT2D eigenvalue weighted by atomic mass is 9.82. The summed E-state index contributed by atoms with van der Waals surface area (Å²) in [5, 5.41) is 12.0. The van der Waals surface area contributed by atoms with Crippen LogP contribution in [0.5, 0.6) is 0 Å². The van der Waals surface area contributed by atoms with Crippen molar-refractivity contribution in [3.05, 3.63) is 230 Å². The molecule has 0 saturated heterocycles. The Morgan fingerprint density at radius 1 is 0.333 bits per heavy atom. The van der Waals surface area contributed by atoms with Crippen LogP contribution in [-0.4, -0.2) is 0 Å². The van der Waals surface area contributed by atoms with Gasteiger partial charge in [-0.05, 0) is 115 Å². The average Bonchev–Trinajstić information content (AvgIpc) is 3.87. The predicted octanol–water partition coefficient (Wildman–Crippen LogP) is 18.0. The highest BCUT2D eigenvalue weighted by Gasteiger charge is 2.36. The maximum absolute atomic E-state index is 6.46. The van der Waals surface area contributed by atoms with Gasteiger partial charge in [0, 0.05) is 49.3 Å². The molecule has 0 saturated carbocycles. The van der Waals surface area contributed by atoms with Gasteiger partial charge in [-0.3, -0.25) is 0 Å². The fraction of sp³-hybridized carbons (Fsp3) is 0.0476. The third-order valence-corrected chi connectivity index (χ3v) is 14.6. The van der Waals surface area contributed by atoms with Crippen molar-refractivity contribution in [2.45, 2.75) is 19.3 Å². The van der Waals surface area contributed by atoms with E-state index in [9.17, 15) is 0 Å². The highest BCUT2D eigenvalue weighted by molar-refractivity contribution is 6.29. The molecule has 1 aliphatic carbocycles. The van der Waals surface area contributed by atoms with Crippen LogP contribution in [-0.2, 0) is 5.41 Å². The maximum Gasteiger partial charge on any atom is 0.136 e. The molecule has 0 atom stereocenters. The van der Waals surface area contributed by atoms with Crippen molar-refractivity contribution in [2.24, 2.45) is 0 Å². The highest BCUT2D eigenvalue weighted by atomic mass is 16.3. The molecular weight excluding hydrogens is 801 g/mol. The second kappa shape index (κ2) is 13.8. The van der Waals surface area contributed by atoms with Gasteiger partial charge in [0.25, 0.3) is 0 Å². The molecule has 3 nitrogen and oxygen atoms in total. The molecule has 1 aliphatic rings. The molecule has 0 N–H and O–H groups in total. The summed E-state index contributed by atoms with van der Waals surface area (Å²) in [5.74, 6) is 0. The summed E-state index contributed by atoms with van der Waals surface area (Å²) in [7, 11) is 0. The van der Waals surface area contributed by atoms with Gasteiger partial charge in [0.2, 0.25) is 0 Å². The largest absolute Gasteiger partial charge is 0.456 e. The van der Waals surface area contributed by atoms with Gasteiger partial charge in [-0.2, -0.15) is 0 Å². The summed E-state index contributed by atoms with van der Waals surface area (Å²) in [6.45, 7) is 4.74. The van der Waals surface area contributed by atoms with E-state index >= 15 is 0 Å². The van der Waals surface area contributed by atoms with Crippen LogP contribution in [0.25, 0.3) is 87.3 Å². The van der Waals surface area contributed by atoms with Crippen molar-refractivity contribution in [3.63, 3.8) is 0 Å². The summed E-state index contributed by atoms with van der Waals surface area (Å²) < 4.78 is 6.46. The number of rotatable bonds is 7. The van der Waals surface area contributed by atoms with Crippen LogP contribution in [0.2, 0.25) is 0 Å². The molecule has 1 heterocycles. The molecule has 13 aromatic rings. The van der Waals surface area contributed by atoms with Crippen LogP contribution >= 0.6 is 0 Å². The molecule has 14 rings (SSSR count). The van der Waals surface area contributed by atoms with Gasteiger partial charge in [-0.1, -0.05) is 172 Å². The molecule has 12 aromatic carbocycles. The van der Waals surface area contributed by atoms with Gasteiger partial charge >= 0.3 is 0 Å². The first-order valence-electron chi connectivity index (χ1n) is 22.9. The van der Waals surface area contributed by atoms with Crippen molar-refractivity contribution >= 4 is 99.2 Å². The van der Waals surface area contributed by atoms with Crippen molar-refractivity contribution < 1.29 is 4.42 Å². The van der Waals surface area contributed by atoms with Crippen molar-refractivity contribution in [1.82, 2.24) is 0 Å². The highest BCUT2D eigenvalue weighted by Crippen LogP contribution is 2.54. The molecule has 66 heavy (non-hydrogen) atoms. The minimum Gasteiger partial charge on any atom is -0.456 e. The van der Waals surface area contributed by atoms with E-state index in [2.05, 4.69) is 242 Å². The fourth-order valence-corrected chi connectivity index (χ4v) is 11.5. The van der Waals surface area contributed by atoms with Gasteiger partial charge in [-0.15, -0.1) is 0 Å². The Labute approximate surface area is 382 Å². The Balaban J connectivity index is 1.02. The van der Waals surface area contributed by atoms with Crippen LogP contribution in [0.1, 0.15) is 25.0 Å². The van der Waals surface area contributed by atoms with E-state index in [1.54, 1.807) is 0 Å². The number of nitrogens with zero attached hydrogens (tertiary/aromatic N) is 2. The van der Waals surface area contributed by atoms with Crippen LogP contribution in [0.3, 0.4) is 0 Å². The van der Waals surface area contributed by atoms with Crippen LogP contribution in [0.15, 0.2) is 223 Å². The summed E-state index contributed by atoms with van der Waals surface area (Å²) >= 11 is 0. The minimum atomic E-state index is -0.151. The van der Waals surface area contributed by atoms with Crippen molar-refractivity contribution in [1.29, 1.82) is 0 Å². The van der Waals surface area contributed by atoms with E-state index in [1.807, 2.05) is 0 Å². The summed E-state index contributed by atoms with van der Waals surface area (Å²) in [6.07, 6.45) is 0. The Morgan fingerprint density at radius 3 is 1.58 bits per heavy atom. The third kappa shape index (κ3) is 5.20. The molecule has 310 valence electrons. The van der Waals surface area contributed by atoms with E-state index in [-0.39, 0.29) is 5.41 Å². The number of hydrogen-bond donors (Lipinski definition) is 0. The first-order valence-corrected chi connectivity index (χ1v) is 22.9. The molecule has 3 heteroatoms. The van der Waals surface area contributed by atoms with Gasteiger partial charge in [0.15, 0.2) is 0 Å². The zero-order valence-corrected chi connectivity index (χ0v) is 36.6. The van der Waals surface area contributed by atoms with Gasteiger partial charge < -0.3 is 14.2 Å². The minimum absolute atomic E-state index is 0.151. The van der Waals surface area contributed by atoms with E-state index in [1.165, 1.54) is 81.9 Å². The van der Waals surface area contributed by atoms with Gasteiger partial charge in [0.1, 0.15) is 11.2 Å². The molecule has 0 bridgehead atoms. The van der Waals surface area contributed by atoms with Crippen LogP contribution in [0, 0.1) is 0 Å². The molecule has 1 aromatic heterocycles. The molecule has 0 amide bonds. The number of anilines is 6. The summed E-state index contributed by atoms with van der Waals surface area (Å²) in [4.78, 5) is 4.96. The Bertz CT molecular complexity index is 4030. The second-order valence-corrected chi connectivity index (χ2v) is 18.4. The average molecular weight is 843 g/mol. The molecule has 0 spiro atoms. The monoisotopic (exact) mass is 842 g/mol. The van der Waals surface area contributed by atoms with Crippen LogP contribution in [0.4, 0.5) is 34.1 Å². The number of fused-ring (bicyclic) bond motifs is 3. The number of benzene rings is 12. The topological polar surface area (TPSA) is 19.6 Å². The number of furan rings is 1. The lowest BCUT2D eigenvalue weighted by Crippen LogP contribution is -2.17. The van der Waals surface area contributed by atoms with Crippen molar-refractivity contribution in [2.75, 3.05) is 9.80 Å². The quantitative estimate of drug-likeness (QED) is 0.149. The molecular formula is C63H42N2O. The lowest BCUT2D eigenvalue weighted by Gasteiger charge is -2.31. The first-order chi connectivity index (χ1) is 32.5. The molecule has 0 unspecified atom stereocenters. The SMILES string of the molecule is CC1(C)c2ccccc2-c2ccc(N(c3ccccc3-c3ccccc3)c3ccc4ccc5c(N(c6ccccc6)c6ccc7oc8cccc9ccc6c7c98)ccc6ccc3c4c65)cc21. The number of para-hydroxylation sites is 2. The maximum atomic E-state index is 6.46. The second-order valence-electron chi connectivity index (χ2n) is 18.4. The standard InChI is InChI=1S/C63H42N2O/c1-63(2)51-21-11-9-20-46(51)47-33-29-44(38-52(47)63)65(53-22-12-10-19-45(53)39-14-5-3-6-15-39)55-35-28-42-25-30-48-54(34-27-41-26-31-49(55)60(42)59(41)48)64(43-17-7-4-8-18-43)56-36-37-58-62-50(56)32-24-40-16-13-23-57(66-58)61(40)62/h3-38H,1-2H3. The fourth-order valence-electron chi connectivity index (χ4n) is 11.5. The number of hydrogen-bond acceptors (Lipinski definition) is 3. The van der Waals surface area contributed by atoms with Crippen LogP contribution < -0.4 is 9.80 Å². The zero-order valence-electron chi connectivity index (χ0n) is 36.6. The van der Waals surface area contributed by atoms with Gasteiger partial charge in [-0.25, -0.2) is 0 Å². The molecule has 0 fully saturated rings. The third-order valence-electron chi connectivity index (χ3n) is 14.6. The van der Waals surface area contributed by atoms with Crippen molar-refractivity contribution in [3.8, 4) is 22.3 Å². The first kappa shape index (κ1) is 37.0. The molecule has 0 radical (unpaired) electrons. The van der Waals surface area contributed by atoms with E-state index in [0.29, 0.717) is 0 Å². The van der Waals surface area contributed by atoms with E-state index in [4.69, 9.17) is 4.42 Å². The lowest BCUT2D eigenvalue weighted by molar-refractivity contribution is 0.660. The summed E-state index contributed by atoms with van der Waals surface area (Å²) in [5.41, 5.74) is 16.1. The molecule has 0 aliphatic heterocycles. The van der Waals surface area contributed by atoms with Gasteiger partial charge in [0.05, 0.1) is 22.7 Å². The zero-order chi connectivity index (χ0) is 43.7. The predicted molar refractivity (Wildman–Crippen MR) is 278 cm³/mol. The summed E-state index contributed by atoms with van der Waals surface area (Å²) in [6, 6.07) is 80.4. The Hall–Kier alpha value is -8.40. The Kier molecular flexibility index (Phi) is 7.74. The smallest absolute Gasteiger partial charge is 0.136 e. The van der Waals surface area contributed by atoms with E-state index < -0.39 is 0 Å².